The van der Waals surface area contributed by atoms with Gasteiger partial charge in [-0.05, 0) is 12.1 Å². The molecule has 0 saturated carbocycles. The van der Waals surface area contributed by atoms with Gasteiger partial charge >= 0.3 is 5.97 Å². The second kappa shape index (κ2) is 4.61. The summed E-state index contributed by atoms with van der Waals surface area (Å²) in [5, 5.41) is 1.64. The Morgan fingerprint density at radius 3 is 2.88 bits per heavy atom. The van der Waals surface area contributed by atoms with Crippen LogP contribution < -0.4 is 4.74 Å². The number of hydrogen-bond donors (Lipinski definition) is 0. The number of para-hydroxylation sites is 1. The molecule has 1 aromatic carbocycles. The van der Waals surface area contributed by atoms with Gasteiger partial charge in [-0.15, -0.1) is 0 Å². The summed E-state index contributed by atoms with van der Waals surface area (Å²) in [6.45, 7) is 1.38. The smallest absolute Gasteiger partial charge is 0.308 e. The molecular weight excluding hydrogens is 270 g/mol. The van der Waals surface area contributed by atoms with E-state index in [1.807, 2.05) is 24.3 Å². The van der Waals surface area contributed by atoms with Gasteiger partial charge in [0.05, 0.1) is 5.69 Å². The quantitative estimate of drug-likeness (QED) is 0.482. The summed E-state index contributed by atoms with van der Waals surface area (Å²) in [5.74, 6) is 0.173. The van der Waals surface area contributed by atoms with Crippen LogP contribution in [-0.2, 0) is 10.1 Å². The molecule has 0 saturated heterocycles. The average molecular weight is 280 g/mol. The Balaban J connectivity index is 2.59. The molecule has 2 aromatic rings. The standard InChI is InChI=1S/C12H10BrNO2/c1-8(15)16-11-4-2-3-9-5-6-10(7-13)14-12(9)11/h2-6H,7H2,1H3. The molecule has 82 valence electrons. The van der Waals surface area contributed by atoms with Gasteiger partial charge < -0.3 is 4.74 Å². The van der Waals surface area contributed by atoms with Gasteiger partial charge in [-0.1, -0.05) is 34.1 Å². The van der Waals surface area contributed by atoms with Crippen LogP contribution in [0.25, 0.3) is 10.9 Å². The predicted molar refractivity (Wildman–Crippen MR) is 65.7 cm³/mol. The number of fused-ring (bicyclic) bond motifs is 1. The van der Waals surface area contributed by atoms with Crippen LogP contribution in [-0.4, -0.2) is 11.0 Å². The average Bonchev–Trinajstić information content (AvgIpc) is 2.28. The van der Waals surface area contributed by atoms with Gasteiger partial charge in [0.2, 0.25) is 0 Å². The van der Waals surface area contributed by atoms with Crippen LogP contribution in [0.3, 0.4) is 0 Å². The zero-order chi connectivity index (χ0) is 11.5. The highest BCUT2D eigenvalue weighted by Crippen LogP contribution is 2.24. The Bertz CT molecular complexity index is 540. The van der Waals surface area contributed by atoms with Crippen LogP contribution in [0.5, 0.6) is 5.75 Å². The molecule has 4 heteroatoms. The van der Waals surface area contributed by atoms with Crippen molar-refractivity contribution in [1.29, 1.82) is 0 Å². The summed E-state index contributed by atoms with van der Waals surface area (Å²) in [6, 6.07) is 9.43. The fourth-order valence-corrected chi connectivity index (χ4v) is 1.78. The third kappa shape index (κ3) is 2.22. The summed E-state index contributed by atoms with van der Waals surface area (Å²) in [7, 11) is 0. The van der Waals surface area contributed by atoms with Crippen molar-refractivity contribution in [3.63, 3.8) is 0 Å². The second-order valence-electron chi connectivity index (χ2n) is 3.36. The molecule has 0 unspecified atom stereocenters. The van der Waals surface area contributed by atoms with Crippen LogP contribution in [0.4, 0.5) is 0 Å². The molecule has 0 amide bonds. The Kier molecular flexibility index (Phi) is 3.19. The van der Waals surface area contributed by atoms with Gasteiger partial charge in [0.25, 0.3) is 0 Å². The Hall–Kier alpha value is -1.42. The summed E-state index contributed by atoms with van der Waals surface area (Å²) >= 11 is 3.35. The molecule has 3 nitrogen and oxygen atoms in total. The van der Waals surface area contributed by atoms with Crippen LogP contribution in [0.2, 0.25) is 0 Å². The van der Waals surface area contributed by atoms with E-state index in [0.717, 1.165) is 16.6 Å². The topological polar surface area (TPSA) is 39.2 Å². The maximum atomic E-state index is 11.0. The largest absolute Gasteiger partial charge is 0.424 e. The Labute approximate surface area is 102 Å². The zero-order valence-electron chi connectivity index (χ0n) is 8.74. The lowest BCUT2D eigenvalue weighted by Gasteiger charge is -2.06. The first-order valence-electron chi connectivity index (χ1n) is 4.84. The van der Waals surface area contributed by atoms with E-state index in [9.17, 15) is 4.79 Å². The predicted octanol–water partition coefficient (Wildman–Crippen LogP) is 3.06. The van der Waals surface area contributed by atoms with E-state index in [0.29, 0.717) is 11.1 Å². The highest BCUT2D eigenvalue weighted by molar-refractivity contribution is 9.08. The molecule has 0 aliphatic rings. The molecule has 2 rings (SSSR count). The number of carbonyl (C=O) groups is 1. The van der Waals surface area contributed by atoms with Crippen molar-refractivity contribution >= 4 is 32.8 Å². The number of halogens is 1. The van der Waals surface area contributed by atoms with Crippen molar-refractivity contribution in [2.75, 3.05) is 0 Å². The molecule has 0 N–H and O–H groups in total. The zero-order valence-corrected chi connectivity index (χ0v) is 10.3. The number of esters is 1. The first-order chi connectivity index (χ1) is 7.70. The number of nitrogens with zero attached hydrogens (tertiary/aromatic N) is 1. The van der Waals surface area contributed by atoms with E-state index in [1.54, 1.807) is 6.07 Å². The number of aromatic nitrogens is 1. The molecule has 1 heterocycles. The van der Waals surface area contributed by atoms with Crippen molar-refractivity contribution in [3.05, 3.63) is 36.0 Å². The molecule has 0 aliphatic heterocycles. The van der Waals surface area contributed by atoms with E-state index >= 15 is 0 Å². The molecule has 0 bridgehead atoms. The van der Waals surface area contributed by atoms with Crippen molar-refractivity contribution in [2.45, 2.75) is 12.3 Å². The van der Waals surface area contributed by atoms with E-state index in [-0.39, 0.29) is 5.97 Å². The number of pyridine rings is 1. The van der Waals surface area contributed by atoms with E-state index < -0.39 is 0 Å². The first-order valence-corrected chi connectivity index (χ1v) is 5.96. The number of alkyl halides is 1. The third-order valence-corrected chi connectivity index (χ3v) is 2.71. The fraction of sp³-hybridized carbons (Fsp3) is 0.167. The van der Waals surface area contributed by atoms with Crippen molar-refractivity contribution < 1.29 is 9.53 Å². The van der Waals surface area contributed by atoms with E-state index in [2.05, 4.69) is 20.9 Å². The Morgan fingerprint density at radius 1 is 1.38 bits per heavy atom. The van der Waals surface area contributed by atoms with Gasteiger partial charge in [-0.2, -0.15) is 0 Å². The van der Waals surface area contributed by atoms with Gasteiger partial charge in [0.15, 0.2) is 5.75 Å². The summed E-state index contributed by atoms with van der Waals surface area (Å²) in [6.07, 6.45) is 0. The first kappa shape index (κ1) is 11.1. The SMILES string of the molecule is CC(=O)Oc1cccc2ccc(CBr)nc12. The normalized spacial score (nSPS) is 10.4. The van der Waals surface area contributed by atoms with Gasteiger partial charge in [-0.25, -0.2) is 4.98 Å². The molecule has 16 heavy (non-hydrogen) atoms. The highest BCUT2D eigenvalue weighted by Gasteiger charge is 2.06. The summed E-state index contributed by atoms with van der Waals surface area (Å²) < 4.78 is 5.11. The number of carbonyl (C=O) groups excluding carboxylic acids is 1. The lowest BCUT2D eigenvalue weighted by Crippen LogP contribution is -2.02. The highest BCUT2D eigenvalue weighted by atomic mass is 79.9. The number of ether oxygens (including phenoxy) is 1. The van der Waals surface area contributed by atoms with Crippen LogP contribution in [0.15, 0.2) is 30.3 Å². The van der Waals surface area contributed by atoms with Crippen molar-refractivity contribution in [2.24, 2.45) is 0 Å². The molecule has 1 aromatic heterocycles. The molecule has 0 fully saturated rings. The molecule has 0 aliphatic carbocycles. The summed E-state index contributed by atoms with van der Waals surface area (Å²) in [4.78, 5) is 15.4. The molecule has 0 radical (unpaired) electrons. The van der Waals surface area contributed by atoms with Gasteiger partial charge in [0.1, 0.15) is 5.52 Å². The van der Waals surface area contributed by atoms with Crippen molar-refractivity contribution in [3.8, 4) is 5.75 Å². The maximum absolute atomic E-state index is 11.0. The maximum Gasteiger partial charge on any atom is 0.308 e. The lowest BCUT2D eigenvalue weighted by atomic mass is 10.2. The van der Waals surface area contributed by atoms with Crippen molar-refractivity contribution in [1.82, 2.24) is 4.98 Å². The minimum atomic E-state index is -0.335. The molecular formula is C12H10BrNO2. The van der Waals surface area contributed by atoms with E-state index in [4.69, 9.17) is 4.74 Å². The minimum Gasteiger partial charge on any atom is -0.424 e. The third-order valence-electron chi connectivity index (χ3n) is 2.13. The second-order valence-corrected chi connectivity index (χ2v) is 3.92. The van der Waals surface area contributed by atoms with Gasteiger partial charge in [0, 0.05) is 17.6 Å². The fourth-order valence-electron chi connectivity index (χ4n) is 1.47. The van der Waals surface area contributed by atoms with Gasteiger partial charge in [-0.3, -0.25) is 4.79 Å². The lowest BCUT2D eigenvalue weighted by molar-refractivity contribution is -0.131. The minimum absolute atomic E-state index is 0.335. The number of benzene rings is 1. The summed E-state index contributed by atoms with van der Waals surface area (Å²) in [5.41, 5.74) is 1.63. The molecule has 0 atom stereocenters. The van der Waals surface area contributed by atoms with E-state index in [1.165, 1.54) is 6.92 Å². The van der Waals surface area contributed by atoms with Crippen LogP contribution in [0, 0.1) is 0 Å². The van der Waals surface area contributed by atoms with Crippen LogP contribution in [0.1, 0.15) is 12.6 Å². The Morgan fingerprint density at radius 2 is 2.19 bits per heavy atom. The monoisotopic (exact) mass is 279 g/mol. The molecule has 0 spiro atoms. The number of hydrogen-bond acceptors (Lipinski definition) is 3. The van der Waals surface area contributed by atoms with Crippen LogP contribution >= 0.6 is 15.9 Å². The number of rotatable bonds is 2.